The average Bonchev–Trinajstić information content (AvgIpc) is 2.82. The van der Waals surface area contributed by atoms with Crippen molar-refractivity contribution in [3.8, 4) is 16.9 Å². The molecule has 1 aromatic heterocycles. The molecular formula is C25H20ClF4N3O4. The van der Waals surface area contributed by atoms with Gasteiger partial charge in [-0.15, -0.1) is 0 Å². The molecule has 2 aromatic carbocycles. The van der Waals surface area contributed by atoms with Crippen LogP contribution in [0.1, 0.15) is 28.9 Å². The van der Waals surface area contributed by atoms with Crippen molar-refractivity contribution in [3.05, 3.63) is 81.0 Å². The zero-order valence-electron chi connectivity index (χ0n) is 19.2. The minimum absolute atomic E-state index is 0.0242. The molecular weight excluding hydrogens is 518 g/mol. The molecule has 0 radical (unpaired) electrons. The van der Waals surface area contributed by atoms with Crippen LogP contribution in [0.15, 0.2) is 53.5 Å². The van der Waals surface area contributed by atoms with Crippen molar-refractivity contribution in [2.24, 2.45) is 11.7 Å². The van der Waals surface area contributed by atoms with Crippen molar-refractivity contribution in [3.63, 3.8) is 0 Å². The normalized spacial score (nSPS) is 15.9. The van der Waals surface area contributed by atoms with Crippen LogP contribution < -0.4 is 21.3 Å². The van der Waals surface area contributed by atoms with Crippen LogP contribution >= 0.6 is 11.6 Å². The van der Waals surface area contributed by atoms with Gasteiger partial charge in [-0.25, -0.2) is 4.39 Å². The van der Waals surface area contributed by atoms with Gasteiger partial charge in [0.25, 0.3) is 5.56 Å². The Balaban J connectivity index is 1.73. The number of fused-ring (bicyclic) bond motifs is 3. The third-order valence-corrected chi connectivity index (χ3v) is 6.39. The predicted molar refractivity (Wildman–Crippen MR) is 128 cm³/mol. The van der Waals surface area contributed by atoms with Crippen LogP contribution in [-0.2, 0) is 11.2 Å². The zero-order valence-corrected chi connectivity index (χ0v) is 20.0. The minimum Gasteiger partial charge on any atom is -0.491 e. The number of halogens is 5. The van der Waals surface area contributed by atoms with Gasteiger partial charge in [-0.2, -0.15) is 13.2 Å². The van der Waals surface area contributed by atoms with Gasteiger partial charge in [-0.3, -0.25) is 19.0 Å². The number of ether oxygens (including phenoxy) is 1. The fourth-order valence-corrected chi connectivity index (χ4v) is 4.17. The van der Waals surface area contributed by atoms with E-state index in [-0.39, 0.29) is 33.0 Å². The van der Waals surface area contributed by atoms with E-state index in [1.54, 1.807) is 0 Å². The topological polar surface area (TPSA) is 103 Å². The van der Waals surface area contributed by atoms with Crippen LogP contribution in [0.25, 0.3) is 11.1 Å². The Hall–Kier alpha value is -3.86. The molecule has 3 aromatic rings. The number of carbonyl (C=O) groups is 2. The molecule has 12 heteroatoms. The summed E-state index contributed by atoms with van der Waals surface area (Å²) in [5.74, 6) is -4.41. The SMILES string of the molecule is CC(C(=O)Nc1ccc(C(N)=O)cc1)n1cc2c(cc1=O)-c1c(ccc(Cl)c1F)C[C@@H](C(F)(F)F)CO2. The Bertz CT molecular complexity index is 1440. The van der Waals surface area contributed by atoms with E-state index in [4.69, 9.17) is 22.1 Å². The standard InChI is InChI=1S/C25H20ClF4N3O4/c1-12(24(36)32-16-5-2-13(3-6-16)23(31)35)33-10-19-17(9-20(33)34)21-14(4-7-18(26)22(21)27)8-15(11-37-19)25(28,29)30/h2-7,9-10,12,15H,8,11H2,1H3,(H2,31,35)(H,32,36)/t12?,15-/m1/s1. The van der Waals surface area contributed by atoms with Gasteiger partial charge in [-0.05, 0) is 49.2 Å². The number of hydrogen-bond acceptors (Lipinski definition) is 4. The number of rotatable bonds is 4. The summed E-state index contributed by atoms with van der Waals surface area (Å²) in [6.07, 6.45) is -4.11. The van der Waals surface area contributed by atoms with Gasteiger partial charge in [0.1, 0.15) is 24.2 Å². The van der Waals surface area contributed by atoms with Crippen LogP contribution in [0.3, 0.4) is 0 Å². The first-order valence-electron chi connectivity index (χ1n) is 11.0. The fourth-order valence-electron chi connectivity index (χ4n) is 4.01. The van der Waals surface area contributed by atoms with Crippen molar-refractivity contribution < 1.29 is 31.9 Å². The van der Waals surface area contributed by atoms with E-state index in [0.717, 1.165) is 22.9 Å². The van der Waals surface area contributed by atoms with Crippen molar-refractivity contribution >= 4 is 29.1 Å². The molecule has 2 heterocycles. The van der Waals surface area contributed by atoms with Crippen LogP contribution in [0, 0.1) is 11.7 Å². The highest BCUT2D eigenvalue weighted by Gasteiger charge is 2.42. The first kappa shape index (κ1) is 26.2. The second-order valence-corrected chi connectivity index (χ2v) is 8.96. The zero-order chi connectivity index (χ0) is 27.1. The van der Waals surface area contributed by atoms with Gasteiger partial charge in [0.2, 0.25) is 11.8 Å². The number of pyridine rings is 1. The Labute approximate surface area is 212 Å². The molecule has 1 aliphatic rings. The highest BCUT2D eigenvalue weighted by atomic mass is 35.5. The summed E-state index contributed by atoms with van der Waals surface area (Å²) in [4.78, 5) is 37.0. The molecule has 0 saturated heterocycles. The molecule has 7 nitrogen and oxygen atoms in total. The quantitative estimate of drug-likeness (QED) is 0.470. The van der Waals surface area contributed by atoms with E-state index < -0.39 is 54.4 Å². The summed E-state index contributed by atoms with van der Waals surface area (Å²) in [6.45, 7) is 0.624. The van der Waals surface area contributed by atoms with Gasteiger partial charge in [0.05, 0.1) is 17.1 Å². The Kier molecular flexibility index (Phi) is 7.00. The van der Waals surface area contributed by atoms with Crippen LogP contribution in [0.4, 0.5) is 23.2 Å². The smallest absolute Gasteiger partial charge is 0.395 e. The van der Waals surface area contributed by atoms with Crippen molar-refractivity contribution in [1.29, 1.82) is 0 Å². The summed E-state index contributed by atoms with van der Waals surface area (Å²) in [6, 6.07) is 8.02. The molecule has 3 N–H and O–H groups in total. The molecule has 2 atom stereocenters. The first-order chi connectivity index (χ1) is 17.4. The number of benzene rings is 2. The van der Waals surface area contributed by atoms with Gasteiger partial charge in [0, 0.05) is 28.4 Å². The summed E-state index contributed by atoms with van der Waals surface area (Å²) in [7, 11) is 0. The van der Waals surface area contributed by atoms with Crippen molar-refractivity contribution in [2.45, 2.75) is 25.6 Å². The Morgan fingerprint density at radius 1 is 1.19 bits per heavy atom. The number of aromatic nitrogens is 1. The second kappa shape index (κ2) is 9.89. The lowest BCUT2D eigenvalue weighted by molar-refractivity contribution is -0.181. The lowest BCUT2D eigenvalue weighted by Crippen LogP contribution is -2.34. The van der Waals surface area contributed by atoms with Gasteiger partial charge in [-0.1, -0.05) is 17.7 Å². The number of nitrogens with two attached hydrogens (primary N) is 1. The molecule has 1 unspecified atom stereocenters. The summed E-state index contributed by atoms with van der Waals surface area (Å²) in [5.41, 5.74) is 4.72. The number of primary amides is 1. The van der Waals surface area contributed by atoms with Gasteiger partial charge in [0.15, 0.2) is 0 Å². The van der Waals surface area contributed by atoms with E-state index in [1.165, 1.54) is 37.3 Å². The Morgan fingerprint density at radius 3 is 2.49 bits per heavy atom. The predicted octanol–water partition coefficient (Wildman–Crippen LogP) is 4.72. The maximum Gasteiger partial charge on any atom is 0.395 e. The highest BCUT2D eigenvalue weighted by Crippen LogP contribution is 2.41. The van der Waals surface area contributed by atoms with E-state index in [9.17, 15) is 27.6 Å². The molecule has 0 spiro atoms. The van der Waals surface area contributed by atoms with Crippen LogP contribution in [-0.4, -0.2) is 29.2 Å². The van der Waals surface area contributed by atoms with Gasteiger partial charge < -0.3 is 15.8 Å². The van der Waals surface area contributed by atoms with E-state index in [1.807, 2.05) is 0 Å². The largest absolute Gasteiger partial charge is 0.491 e. The first-order valence-corrected chi connectivity index (χ1v) is 11.4. The number of amides is 2. The maximum atomic E-state index is 15.1. The monoisotopic (exact) mass is 537 g/mol. The van der Waals surface area contributed by atoms with E-state index >= 15 is 4.39 Å². The molecule has 37 heavy (non-hydrogen) atoms. The number of hydrogen-bond donors (Lipinski definition) is 2. The molecule has 194 valence electrons. The molecule has 0 fully saturated rings. The summed E-state index contributed by atoms with van der Waals surface area (Å²) >= 11 is 5.90. The number of nitrogens with zero attached hydrogens (tertiary/aromatic N) is 1. The third-order valence-electron chi connectivity index (χ3n) is 6.10. The van der Waals surface area contributed by atoms with Gasteiger partial charge >= 0.3 is 6.18 Å². The molecule has 0 aliphatic carbocycles. The number of anilines is 1. The second-order valence-electron chi connectivity index (χ2n) is 8.55. The van der Waals surface area contributed by atoms with Crippen LogP contribution in [0.2, 0.25) is 5.02 Å². The third kappa shape index (κ3) is 5.31. The number of alkyl halides is 3. The maximum absolute atomic E-state index is 15.1. The molecule has 0 saturated carbocycles. The number of carbonyl (C=O) groups excluding carboxylic acids is 2. The van der Waals surface area contributed by atoms with Crippen LogP contribution in [0.5, 0.6) is 5.75 Å². The molecule has 4 rings (SSSR count). The van der Waals surface area contributed by atoms with Crippen molar-refractivity contribution in [2.75, 3.05) is 11.9 Å². The van der Waals surface area contributed by atoms with E-state index in [2.05, 4.69) is 5.32 Å². The number of nitrogens with one attached hydrogen (secondary N) is 1. The Morgan fingerprint density at radius 2 is 1.86 bits per heavy atom. The molecule has 0 bridgehead atoms. The fraction of sp³-hybridized carbons (Fsp3) is 0.240. The minimum atomic E-state index is -4.63. The summed E-state index contributed by atoms with van der Waals surface area (Å²) < 4.78 is 62.3. The van der Waals surface area contributed by atoms with Crippen molar-refractivity contribution in [1.82, 2.24) is 4.57 Å². The average molecular weight is 538 g/mol. The lowest BCUT2D eigenvalue weighted by Gasteiger charge is -2.27. The highest BCUT2D eigenvalue weighted by molar-refractivity contribution is 6.31. The molecule has 1 aliphatic heterocycles. The summed E-state index contributed by atoms with van der Waals surface area (Å²) in [5, 5.41) is 2.25. The lowest BCUT2D eigenvalue weighted by atomic mass is 9.90. The molecule has 2 amide bonds. The van der Waals surface area contributed by atoms with E-state index in [0.29, 0.717) is 5.69 Å².